The van der Waals surface area contributed by atoms with Crippen molar-refractivity contribution in [1.29, 1.82) is 0 Å². The lowest BCUT2D eigenvalue weighted by atomic mass is 10.2. The van der Waals surface area contributed by atoms with Crippen molar-refractivity contribution in [2.75, 3.05) is 6.54 Å². The van der Waals surface area contributed by atoms with Crippen molar-refractivity contribution >= 4 is 21.6 Å². The van der Waals surface area contributed by atoms with Gasteiger partial charge in [-0.15, -0.1) is 11.6 Å². The van der Waals surface area contributed by atoms with Crippen LogP contribution < -0.4 is 4.72 Å². The molecule has 1 N–H and O–H groups in total. The van der Waals surface area contributed by atoms with Crippen LogP contribution in [-0.2, 0) is 10.0 Å². The lowest BCUT2D eigenvalue weighted by molar-refractivity contribution is 0.581. The molecule has 0 amide bonds. The van der Waals surface area contributed by atoms with Crippen molar-refractivity contribution in [2.24, 2.45) is 0 Å². The number of hydrogen-bond donors (Lipinski definition) is 1. The van der Waals surface area contributed by atoms with Crippen molar-refractivity contribution in [1.82, 2.24) is 4.72 Å². The molecule has 3 nitrogen and oxygen atoms in total. The van der Waals surface area contributed by atoms with E-state index in [1.807, 2.05) is 6.92 Å². The van der Waals surface area contributed by atoms with Gasteiger partial charge in [-0.3, -0.25) is 0 Å². The van der Waals surface area contributed by atoms with Gasteiger partial charge in [-0.25, -0.2) is 13.1 Å². The molecule has 1 unspecified atom stereocenters. The van der Waals surface area contributed by atoms with Gasteiger partial charge < -0.3 is 0 Å². The minimum atomic E-state index is -3.41. The van der Waals surface area contributed by atoms with Crippen LogP contribution in [0.5, 0.6) is 0 Å². The Morgan fingerprint density at radius 2 is 1.87 bits per heavy atom. The number of aryl methyl sites for hydroxylation is 1. The Labute approximate surface area is 95.5 Å². The second-order valence-electron chi connectivity index (χ2n) is 3.45. The first-order valence-corrected chi connectivity index (χ1v) is 6.54. The smallest absolute Gasteiger partial charge is 0.210 e. The maximum absolute atomic E-state index is 11.7. The fourth-order valence-electron chi connectivity index (χ4n) is 1.03. The zero-order valence-electron chi connectivity index (χ0n) is 8.70. The summed E-state index contributed by atoms with van der Waals surface area (Å²) in [6.07, 6.45) is 0. The van der Waals surface area contributed by atoms with Gasteiger partial charge in [0.1, 0.15) is 0 Å². The minimum absolute atomic E-state index is 0.217. The summed E-state index contributed by atoms with van der Waals surface area (Å²) in [5.74, 6) is 0. The third-order valence-corrected chi connectivity index (χ3v) is 3.48. The van der Waals surface area contributed by atoms with Crippen LogP contribution in [0.1, 0.15) is 12.5 Å². The van der Waals surface area contributed by atoms with Crippen molar-refractivity contribution in [3.8, 4) is 0 Å². The van der Waals surface area contributed by atoms with Crippen molar-refractivity contribution < 1.29 is 8.42 Å². The number of nitrogens with one attached hydrogen (secondary N) is 1. The number of halogens is 1. The highest BCUT2D eigenvalue weighted by Crippen LogP contribution is 2.09. The van der Waals surface area contributed by atoms with Crippen LogP contribution in [0.15, 0.2) is 29.2 Å². The van der Waals surface area contributed by atoms with Gasteiger partial charge in [0.05, 0.1) is 4.90 Å². The fourth-order valence-corrected chi connectivity index (χ4v) is 2.32. The molecule has 1 atom stereocenters. The predicted molar refractivity (Wildman–Crippen MR) is 61.7 cm³/mol. The number of sulfonamides is 1. The Kier molecular flexibility index (Phi) is 4.13. The summed E-state index contributed by atoms with van der Waals surface area (Å²) in [6, 6.07) is 6.69. The summed E-state index contributed by atoms with van der Waals surface area (Å²) in [4.78, 5) is 0.269. The second kappa shape index (κ2) is 4.96. The molecular weight excluding hydrogens is 234 g/mol. The van der Waals surface area contributed by atoms with Gasteiger partial charge in [0.2, 0.25) is 10.0 Å². The number of rotatable bonds is 4. The van der Waals surface area contributed by atoms with Gasteiger partial charge in [-0.1, -0.05) is 17.7 Å². The molecule has 1 aromatic rings. The van der Waals surface area contributed by atoms with E-state index in [1.165, 1.54) is 0 Å². The van der Waals surface area contributed by atoms with E-state index in [1.54, 1.807) is 31.2 Å². The standard InChI is InChI=1S/C10H14ClNO2S/c1-8-3-5-10(6-4-8)15(13,14)12-7-9(2)11/h3-6,9,12H,7H2,1-2H3. The minimum Gasteiger partial charge on any atom is -0.210 e. The third-order valence-electron chi connectivity index (χ3n) is 1.89. The maximum atomic E-state index is 11.7. The van der Waals surface area contributed by atoms with Crippen LogP contribution in [0.25, 0.3) is 0 Å². The molecule has 0 aliphatic carbocycles. The van der Waals surface area contributed by atoms with Gasteiger partial charge in [0.15, 0.2) is 0 Å². The quantitative estimate of drug-likeness (QED) is 0.826. The van der Waals surface area contributed by atoms with Crippen LogP contribution in [0.3, 0.4) is 0 Å². The molecule has 0 saturated carbocycles. The molecule has 0 fully saturated rings. The van der Waals surface area contributed by atoms with Crippen LogP contribution in [0.4, 0.5) is 0 Å². The van der Waals surface area contributed by atoms with Gasteiger partial charge in [0.25, 0.3) is 0 Å². The molecule has 0 aliphatic rings. The number of hydrogen-bond acceptors (Lipinski definition) is 2. The number of alkyl halides is 1. The zero-order valence-corrected chi connectivity index (χ0v) is 10.3. The Morgan fingerprint density at radius 3 is 2.33 bits per heavy atom. The van der Waals surface area contributed by atoms with Crippen LogP contribution in [0.2, 0.25) is 0 Å². The number of benzene rings is 1. The van der Waals surface area contributed by atoms with E-state index in [0.29, 0.717) is 0 Å². The van der Waals surface area contributed by atoms with Gasteiger partial charge in [0, 0.05) is 11.9 Å². The highest BCUT2D eigenvalue weighted by molar-refractivity contribution is 7.89. The SMILES string of the molecule is Cc1ccc(S(=O)(=O)NCC(C)Cl)cc1. The maximum Gasteiger partial charge on any atom is 0.240 e. The molecule has 15 heavy (non-hydrogen) atoms. The largest absolute Gasteiger partial charge is 0.240 e. The highest BCUT2D eigenvalue weighted by atomic mass is 35.5. The monoisotopic (exact) mass is 247 g/mol. The molecule has 0 aromatic heterocycles. The fraction of sp³-hybridized carbons (Fsp3) is 0.400. The molecule has 5 heteroatoms. The van der Waals surface area contributed by atoms with E-state index in [9.17, 15) is 8.42 Å². The second-order valence-corrected chi connectivity index (χ2v) is 5.96. The predicted octanol–water partition coefficient (Wildman–Crippen LogP) is 1.90. The summed E-state index contributed by atoms with van der Waals surface area (Å²) < 4.78 is 25.8. The van der Waals surface area contributed by atoms with E-state index in [2.05, 4.69) is 4.72 Å². The Morgan fingerprint density at radius 1 is 1.33 bits per heavy atom. The third kappa shape index (κ3) is 3.81. The Hall–Kier alpha value is -0.580. The van der Waals surface area contributed by atoms with E-state index in [4.69, 9.17) is 11.6 Å². The molecule has 1 rings (SSSR count). The molecular formula is C10H14ClNO2S. The first-order valence-electron chi connectivity index (χ1n) is 4.62. The summed E-state index contributed by atoms with van der Waals surface area (Å²) in [5, 5.41) is -0.217. The summed E-state index contributed by atoms with van der Waals surface area (Å²) in [7, 11) is -3.41. The molecule has 0 aliphatic heterocycles. The van der Waals surface area contributed by atoms with E-state index in [-0.39, 0.29) is 16.8 Å². The molecule has 0 radical (unpaired) electrons. The molecule has 84 valence electrons. The van der Waals surface area contributed by atoms with Crippen molar-refractivity contribution in [3.05, 3.63) is 29.8 Å². The van der Waals surface area contributed by atoms with E-state index >= 15 is 0 Å². The molecule has 0 spiro atoms. The highest BCUT2D eigenvalue weighted by Gasteiger charge is 2.13. The van der Waals surface area contributed by atoms with E-state index < -0.39 is 10.0 Å². The molecule has 0 bridgehead atoms. The average Bonchev–Trinajstić information content (AvgIpc) is 2.16. The van der Waals surface area contributed by atoms with Crippen LogP contribution >= 0.6 is 11.6 Å². The molecule has 1 aromatic carbocycles. The zero-order chi connectivity index (χ0) is 11.5. The van der Waals surface area contributed by atoms with Crippen molar-refractivity contribution in [3.63, 3.8) is 0 Å². The first-order chi connectivity index (χ1) is 6.92. The normalized spacial score (nSPS) is 13.8. The summed E-state index contributed by atoms with van der Waals surface area (Å²) >= 11 is 5.67. The lowest BCUT2D eigenvalue weighted by Gasteiger charge is -2.07. The van der Waals surface area contributed by atoms with Crippen LogP contribution in [0, 0.1) is 6.92 Å². The van der Waals surface area contributed by atoms with Crippen molar-refractivity contribution in [2.45, 2.75) is 24.1 Å². The molecule has 0 saturated heterocycles. The summed E-state index contributed by atoms with van der Waals surface area (Å²) in [6.45, 7) is 3.88. The van der Waals surface area contributed by atoms with Gasteiger partial charge >= 0.3 is 0 Å². The van der Waals surface area contributed by atoms with Gasteiger partial charge in [-0.05, 0) is 26.0 Å². The Balaban J connectivity index is 2.82. The average molecular weight is 248 g/mol. The van der Waals surface area contributed by atoms with Crippen LogP contribution in [-0.4, -0.2) is 20.3 Å². The topological polar surface area (TPSA) is 46.2 Å². The lowest BCUT2D eigenvalue weighted by Crippen LogP contribution is -2.28. The first kappa shape index (κ1) is 12.5. The van der Waals surface area contributed by atoms with Gasteiger partial charge in [-0.2, -0.15) is 0 Å². The Bertz CT molecular complexity index is 412. The van der Waals surface area contributed by atoms with E-state index in [0.717, 1.165) is 5.56 Å². The summed E-state index contributed by atoms with van der Waals surface area (Å²) in [5.41, 5.74) is 1.03. The molecule has 0 heterocycles.